The van der Waals surface area contributed by atoms with Crippen LogP contribution >= 0.6 is 0 Å². The standard InChI is InChI=1S/C20H18N4O3/c1-12-4-6-15-14(8-12)18-19(23-15)20(25)24(11-21-18)22-10-13-5-7-16(26-2)17(9-13)27-3/h4-11,23H,1-3H3. The first-order valence-electron chi connectivity index (χ1n) is 8.37. The highest BCUT2D eigenvalue weighted by molar-refractivity contribution is 6.04. The van der Waals surface area contributed by atoms with E-state index in [1.165, 1.54) is 11.0 Å². The van der Waals surface area contributed by atoms with Crippen molar-refractivity contribution < 1.29 is 9.47 Å². The third-order valence-corrected chi connectivity index (χ3v) is 4.38. The van der Waals surface area contributed by atoms with E-state index in [9.17, 15) is 4.79 Å². The van der Waals surface area contributed by atoms with Crippen LogP contribution in [0.1, 0.15) is 11.1 Å². The number of nitrogens with zero attached hydrogens (tertiary/aromatic N) is 3. The fourth-order valence-electron chi connectivity index (χ4n) is 3.00. The van der Waals surface area contributed by atoms with Crippen molar-refractivity contribution in [3.8, 4) is 11.5 Å². The van der Waals surface area contributed by atoms with Crippen LogP contribution in [-0.4, -0.2) is 35.1 Å². The van der Waals surface area contributed by atoms with E-state index in [1.54, 1.807) is 32.6 Å². The molecule has 0 aliphatic heterocycles. The molecular weight excluding hydrogens is 344 g/mol. The van der Waals surface area contributed by atoms with Gasteiger partial charge < -0.3 is 14.5 Å². The summed E-state index contributed by atoms with van der Waals surface area (Å²) < 4.78 is 11.7. The van der Waals surface area contributed by atoms with E-state index < -0.39 is 0 Å². The largest absolute Gasteiger partial charge is 0.493 e. The van der Waals surface area contributed by atoms with Crippen molar-refractivity contribution in [2.24, 2.45) is 5.10 Å². The first-order chi connectivity index (χ1) is 13.1. The molecule has 0 saturated carbocycles. The number of hydrogen-bond acceptors (Lipinski definition) is 5. The van der Waals surface area contributed by atoms with Crippen molar-refractivity contribution >= 4 is 28.2 Å². The van der Waals surface area contributed by atoms with E-state index >= 15 is 0 Å². The molecule has 0 aliphatic carbocycles. The fourth-order valence-corrected chi connectivity index (χ4v) is 3.00. The zero-order chi connectivity index (χ0) is 19.0. The average Bonchev–Trinajstić information content (AvgIpc) is 3.06. The highest BCUT2D eigenvalue weighted by Crippen LogP contribution is 2.27. The molecule has 2 heterocycles. The maximum absolute atomic E-state index is 12.8. The van der Waals surface area contributed by atoms with Gasteiger partial charge in [-0.25, -0.2) is 4.98 Å². The predicted octanol–water partition coefficient (Wildman–Crippen LogP) is 3.09. The maximum Gasteiger partial charge on any atom is 0.298 e. The second-order valence-electron chi connectivity index (χ2n) is 6.15. The lowest BCUT2D eigenvalue weighted by molar-refractivity contribution is 0.355. The van der Waals surface area contributed by atoms with E-state index in [4.69, 9.17) is 9.47 Å². The summed E-state index contributed by atoms with van der Waals surface area (Å²) in [6.45, 7) is 2.01. The lowest BCUT2D eigenvalue weighted by Gasteiger charge is -2.07. The molecule has 4 aromatic rings. The molecule has 136 valence electrons. The molecular formula is C20H18N4O3. The molecule has 0 atom stereocenters. The van der Waals surface area contributed by atoms with Crippen molar-refractivity contribution in [2.45, 2.75) is 6.92 Å². The highest BCUT2D eigenvalue weighted by atomic mass is 16.5. The SMILES string of the molecule is COc1ccc(C=Nn2cnc3c([nH]c4ccc(C)cc43)c2=O)cc1OC. The molecule has 7 heteroatoms. The third kappa shape index (κ3) is 2.93. The fraction of sp³-hybridized carbons (Fsp3) is 0.150. The Bertz CT molecular complexity index is 1240. The van der Waals surface area contributed by atoms with Crippen molar-refractivity contribution in [3.05, 3.63) is 64.2 Å². The molecule has 0 radical (unpaired) electrons. The first kappa shape index (κ1) is 16.8. The van der Waals surface area contributed by atoms with Gasteiger partial charge in [0.15, 0.2) is 11.5 Å². The number of nitrogens with one attached hydrogen (secondary N) is 1. The second-order valence-corrected chi connectivity index (χ2v) is 6.15. The Morgan fingerprint density at radius 1 is 1.11 bits per heavy atom. The molecule has 2 aromatic heterocycles. The lowest BCUT2D eigenvalue weighted by Crippen LogP contribution is -2.17. The van der Waals surface area contributed by atoms with Crippen LogP contribution in [0, 0.1) is 6.92 Å². The molecule has 0 aliphatic rings. The van der Waals surface area contributed by atoms with E-state index in [0.29, 0.717) is 22.5 Å². The number of rotatable bonds is 4. The average molecular weight is 362 g/mol. The van der Waals surface area contributed by atoms with Crippen LogP contribution in [0.2, 0.25) is 0 Å². The molecule has 2 aromatic carbocycles. The van der Waals surface area contributed by atoms with Gasteiger partial charge in [0.25, 0.3) is 5.56 Å². The quantitative estimate of drug-likeness (QED) is 0.566. The lowest BCUT2D eigenvalue weighted by atomic mass is 10.2. The minimum atomic E-state index is -0.259. The number of aromatic nitrogens is 3. The van der Waals surface area contributed by atoms with E-state index in [2.05, 4.69) is 15.1 Å². The summed E-state index contributed by atoms with van der Waals surface area (Å²) in [6.07, 6.45) is 3.00. The minimum absolute atomic E-state index is 0.259. The summed E-state index contributed by atoms with van der Waals surface area (Å²) in [7, 11) is 3.15. The Hall–Kier alpha value is -3.61. The van der Waals surface area contributed by atoms with Gasteiger partial charge in [0.2, 0.25) is 0 Å². The number of H-pyrrole nitrogens is 1. The summed E-state index contributed by atoms with van der Waals surface area (Å²) in [5.74, 6) is 1.22. The first-order valence-corrected chi connectivity index (χ1v) is 8.37. The van der Waals surface area contributed by atoms with Crippen molar-refractivity contribution in [2.75, 3.05) is 14.2 Å². The molecule has 0 spiro atoms. The normalized spacial score (nSPS) is 11.5. The topological polar surface area (TPSA) is 81.5 Å². The molecule has 0 unspecified atom stereocenters. The summed E-state index contributed by atoms with van der Waals surface area (Å²) in [5, 5.41) is 5.17. The molecule has 0 amide bonds. The number of methoxy groups -OCH3 is 2. The molecule has 7 nitrogen and oxygen atoms in total. The van der Waals surface area contributed by atoms with Gasteiger partial charge in [-0.15, -0.1) is 0 Å². The Balaban J connectivity index is 1.76. The monoisotopic (exact) mass is 362 g/mol. The maximum atomic E-state index is 12.8. The Kier molecular flexibility index (Phi) is 4.12. The van der Waals surface area contributed by atoms with Gasteiger partial charge in [-0.1, -0.05) is 11.6 Å². The van der Waals surface area contributed by atoms with Gasteiger partial charge in [-0.05, 0) is 42.8 Å². The second kappa shape index (κ2) is 6.60. The van der Waals surface area contributed by atoms with Crippen LogP contribution in [0.15, 0.2) is 52.6 Å². The minimum Gasteiger partial charge on any atom is -0.493 e. The van der Waals surface area contributed by atoms with Gasteiger partial charge in [0, 0.05) is 10.9 Å². The van der Waals surface area contributed by atoms with Crippen LogP contribution in [0.4, 0.5) is 0 Å². The van der Waals surface area contributed by atoms with Crippen LogP contribution in [0.3, 0.4) is 0 Å². The van der Waals surface area contributed by atoms with Gasteiger partial charge in [-0.2, -0.15) is 9.78 Å². The molecule has 0 bridgehead atoms. The molecule has 0 fully saturated rings. The summed E-state index contributed by atoms with van der Waals surface area (Å²) >= 11 is 0. The zero-order valence-electron chi connectivity index (χ0n) is 15.2. The van der Waals surface area contributed by atoms with Crippen LogP contribution in [0.25, 0.3) is 21.9 Å². The van der Waals surface area contributed by atoms with Gasteiger partial charge in [0.1, 0.15) is 17.4 Å². The molecule has 0 saturated heterocycles. The number of hydrogen-bond donors (Lipinski definition) is 1. The zero-order valence-corrected chi connectivity index (χ0v) is 15.2. The van der Waals surface area contributed by atoms with Gasteiger partial charge in [-0.3, -0.25) is 4.79 Å². The van der Waals surface area contributed by atoms with Gasteiger partial charge in [0.05, 0.1) is 20.4 Å². The Labute approximate surface area is 154 Å². The van der Waals surface area contributed by atoms with E-state index in [1.807, 2.05) is 31.2 Å². The van der Waals surface area contributed by atoms with Crippen molar-refractivity contribution in [3.63, 3.8) is 0 Å². The van der Waals surface area contributed by atoms with Crippen LogP contribution < -0.4 is 15.0 Å². The summed E-state index contributed by atoms with van der Waals surface area (Å²) in [4.78, 5) is 20.3. The van der Waals surface area contributed by atoms with Crippen molar-refractivity contribution in [1.29, 1.82) is 0 Å². The number of aryl methyl sites for hydroxylation is 1. The third-order valence-electron chi connectivity index (χ3n) is 4.38. The number of fused-ring (bicyclic) bond motifs is 3. The molecule has 1 N–H and O–H groups in total. The van der Waals surface area contributed by atoms with E-state index in [0.717, 1.165) is 22.0 Å². The summed E-state index contributed by atoms with van der Waals surface area (Å²) in [6, 6.07) is 11.3. The van der Waals surface area contributed by atoms with E-state index in [-0.39, 0.29) is 5.56 Å². The highest BCUT2D eigenvalue weighted by Gasteiger charge is 2.10. The Morgan fingerprint density at radius 3 is 2.70 bits per heavy atom. The number of ether oxygens (including phenoxy) is 2. The van der Waals surface area contributed by atoms with Crippen molar-refractivity contribution in [1.82, 2.24) is 14.6 Å². The smallest absolute Gasteiger partial charge is 0.298 e. The number of aromatic amines is 1. The molecule has 4 rings (SSSR count). The van der Waals surface area contributed by atoms with Gasteiger partial charge >= 0.3 is 0 Å². The molecule has 27 heavy (non-hydrogen) atoms. The predicted molar refractivity (Wildman–Crippen MR) is 105 cm³/mol. The number of benzene rings is 2. The Morgan fingerprint density at radius 2 is 1.93 bits per heavy atom. The van der Waals surface area contributed by atoms with Crippen LogP contribution in [-0.2, 0) is 0 Å². The summed E-state index contributed by atoms with van der Waals surface area (Å²) in [5.41, 5.74) is 3.58. The van der Waals surface area contributed by atoms with Crippen LogP contribution in [0.5, 0.6) is 11.5 Å².